The molecule has 28 heavy (non-hydrogen) atoms. The summed E-state index contributed by atoms with van der Waals surface area (Å²) in [5.74, 6) is -3.43. The number of anilines is 1. The fraction of sp³-hybridized carbons (Fsp3) is 0.368. The summed E-state index contributed by atoms with van der Waals surface area (Å²) in [7, 11) is 1.26. The summed E-state index contributed by atoms with van der Waals surface area (Å²) < 4.78 is 32.7. The molecule has 3 rings (SSSR count). The van der Waals surface area contributed by atoms with Gasteiger partial charge >= 0.3 is 5.97 Å². The normalized spacial score (nSPS) is 13.6. The number of carbonyl (C=O) groups is 2. The van der Waals surface area contributed by atoms with Gasteiger partial charge in [0.25, 0.3) is 5.91 Å². The number of halogens is 3. The molecule has 5 nitrogen and oxygen atoms in total. The minimum Gasteiger partial charge on any atom is -0.465 e. The second-order valence-electron chi connectivity index (χ2n) is 6.56. The number of methoxy groups -OCH3 is 1. The summed E-state index contributed by atoms with van der Waals surface area (Å²) in [6.45, 7) is 5.60. The molecular formula is C19H21ClF2N2O3S. The van der Waals surface area contributed by atoms with Crippen molar-refractivity contribution in [1.29, 1.82) is 0 Å². The number of esters is 1. The Kier molecular flexibility index (Phi) is 7.14. The van der Waals surface area contributed by atoms with E-state index in [1.807, 2.05) is 0 Å². The molecule has 0 spiro atoms. The quantitative estimate of drug-likeness (QED) is 0.736. The smallest absolute Gasteiger partial charge is 0.341 e. The Balaban J connectivity index is 0.00000280. The molecule has 0 bridgehead atoms. The summed E-state index contributed by atoms with van der Waals surface area (Å²) in [6.07, 6.45) is 0.637. The molecule has 1 N–H and O–H groups in total. The van der Waals surface area contributed by atoms with Gasteiger partial charge < -0.3 is 10.1 Å². The molecule has 0 unspecified atom stereocenters. The van der Waals surface area contributed by atoms with Crippen molar-refractivity contribution in [3.8, 4) is 0 Å². The molecule has 1 aliphatic heterocycles. The Hall–Kier alpha value is -2.03. The lowest BCUT2D eigenvalue weighted by molar-refractivity contribution is 0.0600. The molecule has 0 saturated heterocycles. The number of ether oxygens (including phenoxy) is 1. The first kappa shape index (κ1) is 22.3. The first-order valence-electron chi connectivity index (χ1n) is 8.55. The largest absolute Gasteiger partial charge is 0.465 e. The van der Waals surface area contributed by atoms with Crippen LogP contribution in [0.5, 0.6) is 0 Å². The summed E-state index contributed by atoms with van der Waals surface area (Å²) in [6, 6.07) is 3.55. The Morgan fingerprint density at radius 1 is 1.21 bits per heavy atom. The van der Waals surface area contributed by atoms with Crippen LogP contribution in [0, 0.1) is 11.6 Å². The van der Waals surface area contributed by atoms with Gasteiger partial charge in [-0.2, -0.15) is 0 Å². The van der Waals surface area contributed by atoms with E-state index in [1.165, 1.54) is 24.5 Å². The van der Waals surface area contributed by atoms with E-state index >= 15 is 0 Å². The lowest BCUT2D eigenvalue weighted by atomic mass is 10.0. The SMILES string of the molecule is COC(=O)c1c(NC(=O)c2c(F)cccc2F)sc2c1CCN(C(C)C)C2.Cl. The van der Waals surface area contributed by atoms with Crippen molar-refractivity contribution in [2.75, 3.05) is 19.0 Å². The van der Waals surface area contributed by atoms with Crippen molar-refractivity contribution in [3.05, 3.63) is 51.4 Å². The van der Waals surface area contributed by atoms with E-state index in [-0.39, 0.29) is 23.0 Å². The number of thiophene rings is 1. The predicted molar refractivity (Wildman–Crippen MR) is 106 cm³/mol. The Morgan fingerprint density at radius 2 is 1.86 bits per heavy atom. The van der Waals surface area contributed by atoms with Gasteiger partial charge in [-0.05, 0) is 38.0 Å². The molecule has 1 aliphatic rings. The lowest BCUT2D eigenvalue weighted by Gasteiger charge is -2.30. The van der Waals surface area contributed by atoms with Crippen molar-refractivity contribution in [2.45, 2.75) is 32.9 Å². The fourth-order valence-corrected chi connectivity index (χ4v) is 4.41. The van der Waals surface area contributed by atoms with Crippen molar-refractivity contribution < 1.29 is 23.1 Å². The van der Waals surface area contributed by atoms with E-state index in [9.17, 15) is 18.4 Å². The molecule has 1 aromatic heterocycles. The number of rotatable bonds is 4. The molecule has 0 saturated carbocycles. The van der Waals surface area contributed by atoms with Crippen LogP contribution in [0.3, 0.4) is 0 Å². The first-order valence-corrected chi connectivity index (χ1v) is 9.37. The van der Waals surface area contributed by atoms with Crippen molar-refractivity contribution in [3.63, 3.8) is 0 Å². The highest BCUT2D eigenvalue weighted by Gasteiger charge is 2.30. The zero-order valence-corrected chi connectivity index (χ0v) is 17.3. The standard InChI is InChI=1S/C19H20F2N2O3S.ClH/c1-10(2)23-8-7-11-14(9-23)27-18(15(11)19(25)26-3)22-17(24)16-12(20)5-4-6-13(16)21;/h4-6,10H,7-9H2,1-3H3,(H,22,24);1H. The van der Waals surface area contributed by atoms with Crippen LogP contribution in [-0.2, 0) is 17.7 Å². The van der Waals surface area contributed by atoms with Crippen molar-refractivity contribution >= 4 is 40.6 Å². The van der Waals surface area contributed by atoms with E-state index in [0.717, 1.165) is 29.1 Å². The Labute approximate surface area is 172 Å². The van der Waals surface area contributed by atoms with Gasteiger partial charge in [-0.1, -0.05) is 6.07 Å². The van der Waals surface area contributed by atoms with Crippen molar-refractivity contribution in [1.82, 2.24) is 4.90 Å². The third-order valence-electron chi connectivity index (χ3n) is 4.62. The molecule has 2 aromatic rings. The van der Waals surface area contributed by atoms with Crippen LogP contribution < -0.4 is 5.32 Å². The van der Waals surface area contributed by atoms with Gasteiger partial charge in [0.2, 0.25) is 0 Å². The Morgan fingerprint density at radius 3 is 2.43 bits per heavy atom. The number of hydrogen-bond donors (Lipinski definition) is 1. The Bertz CT molecular complexity index is 881. The summed E-state index contributed by atoms with van der Waals surface area (Å²) in [4.78, 5) is 28.0. The minimum atomic E-state index is -0.959. The van der Waals surface area contributed by atoms with E-state index in [2.05, 4.69) is 24.1 Å². The number of carbonyl (C=O) groups excluding carboxylic acids is 2. The molecule has 2 heterocycles. The fourth-order valence-electron chi connectivity index (χ4n) is 3.15. The van der Waals surface area contributed by atoms with Crippen molar-refractivity contribution in [2.24, 2.45) is 0 Å². The topological polar surface area (TPSA) is 58.6 Å². The number of nitrogens with zero attached hydrogens (tertiary/aromatic N) is 1. The van der Waals surface area contributed by atoms with Crippen LogP contribution in [-0.4, -0.2) is 36.5 Å². The van der Waals surface area contributed by atoms with Crippen LogP contribution in [0.1, 0.15) is 45.0 Å². The van der Waals surface area contributed by atoms with Gasteiger partial charge in [-0.25, -0.2) is 13.6 Å². The van der Waals surface area contributed by atoms with Crippen LogP contribution >= 0.6 is 23.7 Å². The summed E-state index contributed by atoms with van der Waals surface area (Å²) in [5, 5.41) is 2.76. The molecule has 0 atom stereocenters. The molecule has 152 valence electrons. The molecule has 1 aromatic carbocycles. The van der Waals surface area contributed by atoms with Gasteiger partial charge in [-0.3, -0.25) is 9.69 Å². The van der Waals surface area contributed by atoms with Gasteiger partial charge in [-0.15, -0.1) is 23.7 Å². The maximum atomic E-state index is 13.9. The van der Waals surface area contributed by atoms with E-state index in [0.29, 0.717) is 19.0 Å². The zero-order chi connectivity index (χ0) is 19.7. The van der Waals surface area contributed by atoms with Crippen LogP contribution in [0.25, 0.3) is 0 Å². The number of fused-ring (bicyclic) bond motifs is 1. The second kappa shape index (κ2) is 8.98. The zero-order valence-electron chi connectivity index (χ0n) is 15.7. The second-order valence-corrected chi connectivity index (χ2v) is 7.67. The van der Waals surface area contributed by atoms with Gasteiger partial charge in [0, 0.05) is 24.0 Å². The molecule has 9 heteroatoms. The minimum absolute atomic E-state index is 0. The molecule has 1 amide bonds. The number of nitrogens with one attached hydrogen (secondary N) is 1. The number of amides is 1. The summed E-state index contributed by atoms with van der Waals surface area (Å²) >= 11 is 1.24. The van der Waals surface area contributed by atoms with E-state index < -0.39 is 29.1 Å². The third kappa shape index (κ3) is 4.19. The predicted octanol–water partition coefficient (Wildman–Crippen LogP) is 4.25. The van der Waals surface area contributed by atoms with Gasteiger partial charge in [0.1, 0.15) is 22.2 Å². The molecule has 0 radical (unpaired) electrons. The first-order chi connectivity index (χ1) is 12.8. The van der Waals surface area contributed by atoms with E-state index in [4.69, 9.17) is 4.74 Å². The van der Waals surface area contributed by atoms with Crippen LogP contribution in [0.2, 0.25) is 0 Å². The molecule has 0 fully saturated rings. The van der Waals surface area contributed by atoms with E-state index in [1.54, 1.807) is 0 Å². The highest BCUT2D eigenvalue weighted by Crippen LogP contribution is 2.38. The maximum absolute atomic E-state index is 13.9. The summed E-state index contributed by atoms with van der Waals surface area (Å²) in [5.41, 5.74) is 0.419. The monoisotopic (exact) mass is 430 g/mol. The lowest BCUT2D eigenvalue weighted by Crippen LogP contribution is -2.35. The van der Waals surface area contributed by atoms with Crippen LogP contribution in [0.4, 0.5) is 13.8 Å². The average Bonchev–Trinajstić information content (AvgIpc) is 2.97. The van der Waals surface area contributed by atoms with Gasteiger partial charge in [0.05, 0.1) is 12.7 Å². The highest BCUT2D eigenvalue weighted by atomic mass is 35.5. The maximum Gasteiger partial charge on any atom is 0.341 e. The third-order valence-corrected chi connectivity index (χ3v) is 5.76. The van der Waals surface area contributed by atoms with Gasteiger partial charge in [0.15, 0.2) is 0 Å². The molecule has 0 aliphatic carbocycles. The van der Waals surface area contributed by atoms with Crippen LogP contribution in [0.15, 0.2) is 18.2 Å². The number of hydrogen-bond acceptors (Lipinski definition) is 5. The highest BCUT2D eigenvalue weighted by molar-refractivity contribution is 7.17. The molecular weight excluding hydrogens is 410 g/mol. The average molecular weight is 431 g/mol. The number of benzene rings is 1.